The fourth-order valence-electron chi connectivity index (χ4n) is 4.09. The van der Waals surface area contributed by atoms with Crippen LogP contribution in [0.15, 0.2) is 36.8 Å². The number of hydrogen-bond donors (Lipinski definition) is 1. The number of likely N-dealkylation sites (tertiary alicyclic amines) is 1. The summed E-state index contributed by atoms with van der Waals surface area (Å²) in [6, 6.07) is 8.37. The molecular formula is C20H27N5O. The zero-order chi connectivity index (χ0) is 18.1. The van der Waals surface area contributed by atoms with Gasteiger partial charge in [0.15, 0.2) is 0 Å². The number of fused-ring (bicyclic) bond motifs is 1. The highest BCUT2D eigenvalue weighted by Gasteiger charge is 2.39. The van der Waals surface area contributed by atoms with Crippen molar-refractivity contribution in [2.45, 2.75) is 37.9 Å². The van der Waals surface area contributed by atoms with Crippen molar-refractivity contribution < 1.29 is 4.79 Å². The summed E-state index contributed by atoms with van der Waals surface area (Å²) in [6.45, 7) is 3.55. The molecule has 138 valence electrons. The molecule has 0 aliphatic carbocycles. The molecule has 0 atom stereocenters. The second kappa shape index (κ2) is 6.76. The van der Waals surface area contributed by atoms with E-state index in [-0.39, 0.29) is 11.4 Å². The third-order valence-electron chi connectivity index (χ3n) is 5.86. The Morgan fingerprint density at radius 2 is 1.96 bits per heavy atom. The second-order valence-corrected chi connectivity index (χ2v) is 7.76. The van der Waals surface area contributed by atoms with Crippen LogP contribution in [-0.4, -0.2) is 50.9 Å². The molecule has 2 aromatic rings. The number of piperidine rings is 1. The molecule has 0 radical (unpaired) electrons. The van der Waals surface area contributed by atoms with E-state index in [2.05, 4.69) is 38.0 Å². The average molecular weight is 353 g/mol. The highest BCUT2D eigenvalue weighted by molar-refractivity contribution is 5.79. The molecule has 26 heavy (non-hydrogen) atoms. The predicted molar refractivity (Wildman–Crippen MR) is 102 cm³/mol. The lowest BCUT2D eigenvalue weighted by Gasteiger charge is -2.45. The largest absolute Gasteiger partial charge is 0.379 e. The molecule has 6 nitrogen and oxygen atoms in total. The van der Waals surface area contributed by atoms with Gasteiger partial charge in [0.1, 0.15) is 0 Å². The van der Waals surface area contributed by atoms with Gasteiger partial charge >= 0.3 is 0 Å². The van der Waals surface area contributed by atoms with Crippen molar-refractivity contribution >= 4 is 11.6 Å². The molecule has 1 fully saturated rings. The standard InChI is InChI=1S/C20H27N5O/c1-23-13-16-5-3-4-6-18(16)22-20(11-19(23)26)7-9-25(10-8-20)14-17-12-21-15-24(17)2/h3-6,12,15,22H,7-11,13-14H2,1-2H3. The third-order valence-corrected chi connectivity index (χ3v) is 5.86. The van der Waals surface area contributed by atoms with E-state index in [1.165, 1.54) is 16.9 Å². The first-order chi connectivity index (χ1) is 12.5. The Hall–Kier alpha value is -2.34. The summed E-state index contributed by atoms with van der Waals surface area (Å²) in [5.74, 6) is 0.229. The van der Waals surface area contributed by atoms with Crippen LogP contribution < -0.4 is 5.32 Å². The van der Waals surface area contributed by atoms with Crippen LogP contribution in [0.2, 0.25) is 0 Å². The molecule has 2 aliphatic rings. The van der Waals surface area contributed by atoms with Crippen LogP contribution in [0.5, 0.6) is 0 Å². The summed E-state index contributed by atoms with van der Waals surface area (Å²) in [7, 11) is 3.95. The van der Waals surface area contributed by atoms with Gasteiger partial charge in [0.2, 0.25) is 5.91 Å². The summed E-state index contributed by atoms with van der Waals surface area (Å²) in [4.78, 5) is 21.2. The number of anilines is 1. The monoisotopic (exact) mass is 353 g/mol. The van der Waals surface area contributed by atoms with Crippen molar-refractivity contribution in [3.8, 4) is 0 Å². The van der Waals surface area contributed by atoms with Gasteiger partial charge in [-0.25, -0.2) is 4.98 Å². The number of rotatable bonds is 2. The molecule has 1 aromatic heterocycles. The Kier molecular flexibility index (Phi) is 4.44. The lowest BCUT2D eigenvalue weighted by Crippen LogP contribution is -2.52. The molecule has 6 heteroatoms. The first-order valence-corrected chi connectivity index (χ1v) is 9.32. The minimum Gasteiger partial charge on any atom is -0.379 e. The van der Waals surface area contributed by atoms with Crippen LogP contribution in [0.1, 0.15) is 30.5 Å². The molecule has 3 heterocycles. The average Bonchev–Trinajstić information content (AvgIpc) is 3.02. The number of aromatic nitrogens is 2. The fourth-order valence-corrected chi connectivity index (χ4v) is 4.09. The van der Waals surface area contributed by atoms with Gasteiger partial charge in [0.05, 0.1) is 12.0 Å². The van der Waals surface area contributed by atoms with Gasteiger partial charge in [-0.2, -0.15) is 0 Å². The lowest BCUT2D eigenvalue weighted by atomic mass is 9.82. The van der Waals surface area contributed by atoms with Gasteiger partial charge in [-0.15, -0.1) is 0 Å². The fraction of sp³-hybridized carbons (Fsp3) is 0.500. The van der Waals surface area contributed by atoms with Crippen molar-refractivity contribution in [1.82, 2.24) is 19.4 Å². The number of amides is 1. The van der Waals surface area contributed by atoms with Crippen molar-refractivity contribution in [2.24, 2.45) is 7.05 Å². The maximum Gasteiger partial charge on any atom is 0.224 e. The van der Waals surface area contributed by atoms with Crippen LogP contribution in [0.25, 0.3) is 0 Å². The smallest absolute Gasteiger partial charge is 0.224 e. The lowest BCUT2D eigenvalue weighted by molar-refractivity contribution is -0.132. The van der Waals surface area contributed by atoms with Gasteiger partial charge in [-0.1, -0.05) is 18.2 Å². The molecule has 0 bridgehead atoms. The summed E-state index contributed by atoms with van der Waals surface area (Å²) in [5.41, 5.74) is 3.45. The molecule has 2 aliphatic heterocycles. The van der Waals surface area contributed by atoms with Crippen LogP contribution in [0, 0.1) is 0 Å². The van der Waals surface area contributed by atoms with E-state index in [4.69, 9.17) is 0 Å². The highest BCUT2D eigenvalue weighted by Crippen LogP contribution is 2.34. The third kappa shape index (κ3) is 3.33. The molecule has 1 aromatic carbocycles. The highest BCUT2D eigenvalue weighted by atomic mass is 16.2. The maximum atomic E-state index is 12.7. The predicted octanol–water partition coefficient (Wildman–Crippen LogP) is 2.23. The van der Waals surface area contributed by atoms with Crippen molar-refractivity contribution in [2.75, 3.05) is 25.5 Å². The van der Waals surface area contributed by atoms with Crippen LogP contribution >= 0.6 is 0 Å². The van der Waals surface area contributed by atoms with Gasteiger partial charge < -0.3 is 14.8 Å². The number of benzene rings is 1. The van der Waals surface area contributed by atoms with Crippen LogP contribution in [-0.2, 0) is 24.9 Å². The Labute approximate surface area is 154 Å². The Morgan fingerprint density at radius 3 is 2.69 bits per heavy atom. The van der Waals surface area contributed by atoms with Gasteiger partial charge in [0, 0.05) is 64.1 Å². The number of hydrogen-bond acceptors (Lipinski definition) is 4. The quantitative estimate of drug-likeness (QED) is 0.900. The molecule has 0 unspecified atom stereocenters. The summed E-state index contributed by atoms with van der Waals surface area (Å²) >= 11 is 0. The number of nitrogens with one attached hydrogen (secondary N) is 1. The zero-order valence-corrected chi connectivity index (χ0v) is 15.6. The molecule has 1 saturated heterocycles. The maximum absolute atomic E-state index is 12.7. The van der Waals surface area contributed by atoms with E-state index in [0.29, 0.717) is 13.0 Å². The van der Waals surface area contributed by atoms with E-state index in [1.807, 2.05) is 37.6 Å². The first-order valence-electron chi connectivity index (χ1n) is 9.32. The number of para-hydroxylation sites is 1. The SMILES string of the molecule is CN1Cc2ccccc2NC2(CCN(Cc3cncn3C)CC2)CC1=O. The zero-order valence-electron chi connectivity index (χ0n) is 15.6. The van der Waals surface area contributed by atoms with E-state index in [0.717, 1.165) is 32.5 Å². The van der Waals surface area contributed by atoms with Crippen molar-refractivity contribution in [1.29, 1.82) is 0 Å². The van der Waals surface area contributed by atoms with E-state index >= 15 is 0 Å². The number of carbonyl (C=O) groups excluding carboxylic acids is 1. The van der Waals surface area contributed by atoms with Crippen molar-refractivity contribution in [3.05, 3.63) is 48.0 Å². The molecule has 4 rings (SSSR count). The normalized spacial score (nSPS) is 20.4. The van der Waals surface area contributed by atoms with Gasteiger partial charge in [-0.3, -0.25) is 9.69 Å². The summed E-state index contributed by atoms with van der Waals surface area (Å²) in [6.07, 6.45) is 6.30. The second-order valence-electron chi connectivity index (χ2n) is 7.76. The Bertz CT molecular complexity index is 791. The van der Waals surface area contributed by atoms with Gasteiger partial charge in [-0.05, 0) is 24.5 Å². The van der Waals surface area contributed by atoms with E-state index in [9.17, 15) is 4.79 Å². The Morgan fingerprint density at radius 1 is 1.19 bits per heavy atom. The number of aryl methyl sites for hydroxylation is 1. The number of carbonyl (C=O) groups is 1. The number of imidazole rings is 1. The molecular weight excluding hydrogens is 326 g/mol. The molecule has 1 amide bonds. The van der Waals surface area contributed by atoms with Crippen LogP contribution in [0.4, 0.5) is 5.69 Å². The van der Waals surface area contributed by atoms with Crippen molar-refractivity contribution in [3.63, 3.8) is 0 Å². The van der Waals surface area contributed by atoms with E-state index in [1.54, 1.807) is 0 Å². The van der Waals surface area contributed by atoms with Crippen LogP contribution in [0.3, 0.4) is 0 Å². The number of nitrogens with zero attached hydrogens (tertiary/aromatic N) is 4. The Balaban J connectivity index is 1.51. The summed E-state index contributed by atoms with van der Waals surface area (Å²) in [5, 5.41) is 3.76. The topological polar surface area (TPSA) is 53.4 Å². The minimum atomic E-state index is -0.148. The summed E-state index contributed by atoms with van der Waals surface area (Å²) < 4.78 is 2.08. The van der Waals surface area contributed by atoms with E-state index < -0.39 is 0 Å². The minimum absolute atomic E-state index is 0.148. The molecule has 1 N–H and O–H groups in total. The molecule has 0 saturated carbocycles. The van der Waals surface area contributed by atoms with Gasteiger partial charge in [0.25, 0.3) is 0 Å². The first kappa shape index (κ1) is 17.1. The molecule has 1 spiro atoms.